The molecule has 1 aliphatic rings. The quantitative estimate of drug-likeness (QED) is 0.367. The van der Waals surface area contributed by atoms with Gasteiger partial charge in [0.1, 0.15) is 0 Å². The third kappa shape index (κ3) is 6.38. The number of guanidine groups is 1. The summed E-state index contributed by atoms with van der Waals surface area (Å²) in [5, 5.41) is 7.09. The van der Waals surface area contributed by atoms with E-state index in [0.29, 0.717) is 19.0 Å². The van der Waals surface area contributed by atoms with Gasteiger partial charge in [-0.05, 0) is 41.7 Å². The molecule has 0 spiro atoms. The molecule has 0 saturated heterocycles. The molecule has 150 valence electrons. The molecule has 2 N–H and O–H groups in total. The molecular formula is C21H26ClIN4O. The Morgan fingerprint density at radius 2 is 1.93 bits per heavy atom. The number of rotatable bonds is 5. The maximum atomic E-state index is 12.5. The van der Waals surface area contributed by atoms with Crippen LogP contribution in [0.4, 0.5) is 0 Å². The van der Waals surface area contributed by atoms with Crippen molar-refractivity contribution in [3.05, 3.63) is 70.2 Å². The van der Waals surface area contributed by atoms with Crippen molar-refractivity contribution in [1.29, 1.82) is 0 Å². The van der Waals surface area contributed by atoms with Gasteiger partial charge < -0.3 is 15.5 Å². The van der Waals surface area contributed by atoms with Crippen molar-refractivity contribution in [1.82, 2.24) is 15.5 Å². The number of fused-ring (bicyclic) bond motifs is 1. The Balaban J connectivity index is 0.00000280. The summed E-state index contributed by atoms with van der Waals surface area (Å²) >= 11 is 6.00. The molecule has 0 aromatic heterocycles. The van der Waals surface area contributed by atoms with E-state index in [9.17, 15) is 4.79 Å². The van der Waals surface area contributed by atoms with E-state index in [0.717, 1.165) is 30.0 Å². The van der Waals surface area contributed by atoms with Crippen LogP contribution >= 0.6 is 35.6 Å². The zero-order valence-electron chi connectivity index (χ0n) is 16.0. The number of hydrogen-bond acceptors (Lipinski definition) is 2. The molecule has 7 heteroatoms. The second kappa shape index (κ2) is 11.3. The average molecular weight is 513 g/mol. The molecule has 0 atom stereocenters. The molecule has 0 aliphatic carbocycles. The first-order valence-corrected chi connectivity index (χ1v) is 9.57. The molecule has 0 unspecified atom stereocenters. The number of hydrogen-bond donors (Lipinski definition) is 2. The van der Waals surface area contributed by atoms with Crippen LogP contribution in [0.5, 0.6) is 0 Å². The maximum absolute atomic E-state index is 12.5. The third-order valence-electron chi connectivity index (χ3n) is 4.71. The van der Waals surface area contributed by atoms with Gasteiger partial charge in [0.2, 0.25) is 5.91 Å². The molecule has 0 bridgehead atoms. The Bertz CT molecular complexity index is 828. The first-order valence-electron chi connectivity index (χ1n) is 9.19. The summed E-state index contributed by atoms with van der Waals surface area (Å²) in [6, 6.07) is 16.1. The van der Waals surface area contributed by atoms with E-state index in [-0.39, 0.29) is 36.4 Å². The fraction of sp³-hybridized carbons (Fsp3) is 0.333. The summed E-state index contributed by atoms with van der Waals surface area (Å²) in [6.07, 6.45) is 1.74. The van der Waals surface area contributed by atoms with Crippen LogP contribution in [0.3, 0.4) is 0 Å². The predicted molar refractivity (Wildman–Crippen MR) is 125 cm³/mol. The van der Waals surface area contributed by atoms with Crippen molar-refractivity contribution in [2.75, 3.05) is 26.7 Å². The Labute approximate surface area is 188 Å². The van der Waals surface area contributed by atoms with Gasteiger partial charge in [0.15, 0.2) is 5.96 Å². The van der Waals surface area contributed by atoms with Crippen LogP contribution < -0.4 is 10.6 Å². The highest BCUT2D eigenvalue weighted by molar-refractivity contribution is 14.0. The lowest BCUT2D eigenvalue weighted by atomic mass is 10.00. The van der Waals surface area contributed by atoms with Crippen molar-refractivity contribution in [3.8, 4) is 0 Å². The molecule has 0 fully saturated rings. The minimum Gasteiger partial charge on any atom is -0.356 e. The highest BCUT2D eigenvalue weighted by Gasteiger charge is 2.20. The fourth-order valence-electron chi connectivity index (χ4n) is 3.22. The summed E-state index contributed by atoms with van der Waals surface area (Å²) in [6.45, 7) is 2.39. The number of nitrogens with zero attached hydrogens (tertiary/aromatic N) is 2. The van der Waals surface area contributed by atoms with E-state index in [1.54, 1.807) is 7.05 Å². The lowest BCUT2D eigenvalue weighted by molar-refractivity contribution is -0.130. The zero-order chi connectivity index (χ0) is 19.1. The second-order valence-corrected chi connectivity index (χ2v) is 7.00. The third-order valence-corrected chi connectivity index (χ3v) is 4.94. The number of aliphatic imine (C=N–C) groups is 1. The minimum atomic E-state index is 0. The highest BCUT2D eigenvalue weighted by atomic mass is 127. The lowest BCUT2D eigenvalue weighted by Gasteiger charge is -2.29. The fourth-order valence-corrected chi connectivity index (χ4v) is 3.43. The first-order chi connectivity index (χ1) is 13.2. The molecule has 0 saturated carbocycles. The van der Waals surface area contributed by atoms with E-state index >= 15 is 0 Å². The Hall–Kier alpha value is -1.80. The number of halogens is 2. The number of nitrogens with one attached hydrogen (secondary N) is 2. The SMILES string of the molecule is CN=C(NCCc1cccc(Cl)c1)NCC(=O)N1CCc2ccccc2C1.I. The van der Waals surface area contributed by atoms with E-state index in [1.165, 1.54) is 11.1 Å². The van der Waals surface area contributed by atoms with Crippen LogP contribution in [0.25, 0.3) is 0 Å². The van der Waals surface area contributed by atoms with Gasteiger partial charge in [0, 0.05) is 31.7 Å². The molecule has 2 aromatic rings. The summed E-state index contributed by atoms with van der Waals surface area (Å²) in [5.74, 6) is 0.713. The molecule has 0 radical (unpaired) electrons. The Morgan fingerprint density at radius 3 is 2.68 bits per heavy atom. The summed E-state index contributed by atoms with van der Waals surface area (Å²) in [5.41, 5.74) is 3.74. The van der Waals surface area contributed by atoms with Crippen LogP contribution in [0, 0.1) is 0 Å². The van der Waals surface area contributed by atoms with E-state index < -0.39 is 0 Å². The van der Waals surface area contributed by atoms with Crippen LogP contribution in [-0.2, 0) is 24.2 Å². The monoisotopic (exact) mass is 512 g/mol. The molecule has 2 aromatic carbocycles. The summed E-state index contributed by atoms with van der Waals surface area (Å²) in [4.78, 5) is 18.6. The first kappa shape index (κ1) is 22.5. The van der Waals surface area contributed by atoms with Crippen molar-refractivity contribution < 1.29 is 4.79 Å². The van der Waals surface area contributed by atoms with E-state index in [2.05, 4.69) is 33.8 Å². The summed E-state index contributed by atoms with van der Waals surface area (Å²) < 4.78 is 0. The standard InChI is InChI=1S/C21H25ClN4O.HI/c1-23-21(24-11-9-16-5-4-8-19(22)13-16)25-14-20(27)26-12-10-17-6-2-3-7-18(17)15-26;/h2-8,13H,9-12,14-15H2,1H3,(H2,23,24,25);1H. The molecular weight excluding hydrogens is 487 g/mol. The molecule has 3 rings (SSSR count). The molecule has 5 nitrogen and oxygen atoms in total. The Kier molecular flexibility index (Phi) is 9.05. The Morgan fingerprint density at radius 1 is 1.14 bits per heavy atom. The van der Waals surface area contributed by atoms with Gasteiger partial charge in [-0.25, -0.2) is 0 Å². The van der Waals surface area contributed by atoms with Crippen LogP contribution in [0.1, 0.15) is 16.7 Å². The van der Waals surface area contributed by atoms with Crippen molar-refractivity contribution in [2.24, 2.45) is 4.99 Å². The number of amides is 1. The smallest absolute Gasteiger partial charge is 0.242 e. The van der Waals surface area contributed by atoms with Crippen LogP contribution in [0.15, 0.2) is 53.5 Å². The van der Waals surface area contributed by atoms with Crippen molar-refractivity contribution in [3.63, 3.8) is 0 Å². The normalized spacial score (nSPS) is 13.4. The topological polar surface area (TPSA) is 56.7 Å². The average Bonchev–Trinajstić information content (AvgIpc) is 2.70. The van der Waals surface area contributed by atoms with E-state index in [1.807, 2.05) is 35.2 Å². The highest BCUT2D eigenvalue weighted by Crippen LogP contribution is 2.18. The summed E-state index contributed by atoms with van der Waals surface area (Å²) in [7, 11) is 1.70. The van der Waals surface area contributed by atoms with E-state index in [4.69, 9.17) is 11.6 Å². The molecule has 28 heavy (non-hydrogen) atoms. The second-order valence-electron chi connectivity index (χ2n) is 6.57. The lowest BCUT2D eigenvalue weighted by Crippen LogP contribution is -2.46. The maximum Gasteiger partial charge on any atom is 0.242 e. The number of benzene rings is 2. The molecule has 1 heterocycles. The van der Waals surface area contributed by atoms with Gasteiger partial charge in [-0.15, -0.1) is 24.0 Å². The van der Waals surface area contributed by atoms with Crippen molar-refractivity contribution >= 4 is 47.4 Å². The molecule has 1 amide bonds. The van der Waals surface area contributed by atoms with Gasteiger partial charge in [-0.1, -0.05) is 48.0 Å². The zero-order valence-corrected chi connectivity index (χ0v) is 19.0. The predicted octanol–water partition coefficient (Wildman–Crippen LogP) is 3.25. The van der Waals surface area contributed by atoms with Crippen LogP contribution in [0.2, 0.25) is 5.02 Å². The largest absolute Gasteiger partial charge is 0.356 e. The van der Waals surface area contributed by atoms with Gasteiger partial charge >= 0.3 is 0 Å². The number of carbonyl (C=O) groups is 1. The van der Waals surface area contributed by atoms with Crippen LogP contribution in [-0.4, -0.2) is 43.4 Å². The van der Waals surface area contributed by atoms with Crippen molar-refractivity contribution in [2.45, 2.75) is 19.4 Å². The minimum absolute atomic E-state index is 0. The number of carbonyl (C=O) groups excluding carboxylic acids is 1. The van der Waals surface area contributed by atoms with Gasteiger partial charge in [0.05, 0.1) is 6.54 Å². The van der Waals surface area contributed by atoms with Gasteiger partial charge in [0.25, 0.3) is 0 Å². The van der Waals surface area contributed by atoms with Gasteiger partial charge in [-0.3, -0.25) is 9.79 Å². The molecule has 1 aliphatic heterocycles. The van der Waals surface area contributed by atoms with Gasteiger partial charge in [-0.2, -0.15) is 0 Å².